The van der Waals surface area contributed by atoms with E-state index in [4.69, 9.17) is 0 Å². The van der Waals surface area contributed by atoms with Gasteiger partial charge < -0.3 is 0 Å². The maximum absolute atomic E-state index is 11.4. The summed E-state index contributed by atoms with van der Waals surface area (Å²) >= 11 is -0.709. The van der Waals surface area contributed by atoms with E-state index in [1.807, 2.05) is 30.3 Å². The van der Waals surface area contributed by atoms with E-state index in [0.717, 1.165) is 0 Å². The van der Waals surface area contributed by atoms with Gasteiger partial charge in [0, 0.05) is 0 Å². The van der Waals surface area contributed by atoms with E-state index < -0.39 is 26.6 Å². The molecule has 0 fully saturated rings. The molecule has 0 aliphatic carbocycles. The van der Waals surface area contributed by atoms with Crippen molar-refractivity contribution in [3.05, 3.63) is 57.4 Å². The minimum atomic E-state index is -0.709. The molecule has 4 nitrogen and oxygen atoms in total. The fourth-order valence-corrected chi connectivity index (χ4v) is 3.40. The van der Waals surface area contributed by atoms with E-state index in [1.54, 1.807) is 0 Å². The van der Waals surface area contributed by atoms with Gasteiger partial charge in [-0.3, -0.25) is 0 Å². The van der Waals surface area contributed by atoms with Crippen LogP contribution in [0.3, 0.4) is 0 Å². The number of benzene rings is 1. The fraction of sp³-hybridized carbons (Fsp3) is 0. The van der Waals surface area contributed by atoms with Crippen molar-refractivity contribution in [1.29, 1.82) is 0 Å². The van der Waals surface area contributed by atoms with Crippen molar-refractivity contribution >= 4 is 28.1 Å². The van der Waals surface area contributed by atoms with Crippen LogP contribution in [0, 0.1) is 0 Å². The van der Waals surface area contributed by atoms with E-state index in [9.17, 15) is 9.59 Å². The monoisotopic (exact) mass is 318 g/mol. The summed E-state index contributed by atoms with van der Waals surface area (Å²) in [6.45, 7) is 0. The van der Waals surface area contributed by atoms with Crippen molar-refractivity contribution in [3.63, 3.8) is 0 Å². The standard InChI is InChI=1S/C10H8N2O2Te/c13-9-8(6-11-10(14)12-9)15-7-4-2-1-3-5-7/h1-6H,(H2,11,12,13,14). The molecule has 2 rings (SSSR count). The first-order chi connectivity index (χ1) is 7.25. The third kappa shape index (κ3) is 2.58. The van der Waals surface area contributed by atoms with E-state index >= 15 is 0 Å². The predicted octanol–water partition coefficient (Wildman–Crippen LogP) is -1.28. The van der Waals surface area contributed by atoms with E-state index in [-0.39, 0.29) is 5.56 Å². The summed E-state index contributed by atoms with van der Waals surface area (Å²) in [4.78, 5) is 26.9. The van der Waals surface area contributed by atoms with Crippen molar-refractivity contribution in [2.45, 2.75) is 0 Å². The molecular weight excluding hydrogens is 308 g/mol. The molecule has 0 aliphatic rings. The predicted molar refractivity (Wildman–Crippen MR) is 59.1 cm³/mol. The number of hydrogen-bond donors (Lipinski definition) is 2. The van der Waals surface area contributed by atoms with Crippen molar-refractivity contribution in [2.24, 2.45) is 0 Å². The van der Waals surface area contributed by atoms with Crippen LogP contribution in [0.25, 0.3) is 0 Å². The molecule has 0 bridgehead atoms. The molecule has 1 aromatic heterocycles. The van der Waals surface area contributed by atoms with Gasteiger partial charge in [-0.05, 0) is 0 Å². The molecule has 0 aliphatic heterocycles. The zero-order valence-corrected chi connectivity index (χ0v) is 10.0. The molecule has 2 aromatic rings. The van der Waals surface area contributed by atoms with Crippen LogP contribution < -0.4 is 18.5 Å². The fourth-order valence-electron chi connectivity index (χ4n) is 1.09. The number of aromatic amines is 2. The summed E-state index contributed by atoms with van der Waals surface area (Å²) in [5.74, 6) is 0. The molecule has 15 heavy (non-hydrogen) atoms. The van der Waals surface area contributed by atoms with Crippen LogP contribution in [0.4, 0.5) is 0 Å². The van der Waals surface area contributed by atoms with Gasteiger partial charge in [0.1, 0.15) is 0 Å². The second-order valence-electron chi connectivity index (χ2n) is 2.85. The number of H-pyrrole nitrogens is 2. The van der Waals surface area contributed by atoms with Crippen molar-refractivity contribution in [2.75, 3.05) is 0 Å². The van der Waals surface area contributed by atoms with Crippen LogP contribution in [0.2, 0.25) is 0 Å². The van der Waals surface area contributed by atoms with Gasteiger partial charge in [0.05, 0.1) is 0 Å². The van der Waals surface area contributed by atoms with E-state index in [1.165, 1.54) is 9.81 Å². The summed E-state index contributed by atoms with van der Waals surface area (Å²) < 4.78 is 1.85. The molecule has 76 valence electrons. The molecule has 0 radical (unpaired) electrons. The van der Waals surface area contributed by atoms with E-state index in [2.05, 4.69) is 9.97 Å². The first-order valence-corrected chi connectivity index (χ1v) is 6.63. The quantitative estimate of drug-likeness (QED) is 0.678. The first-order valence-electron chi connectivity index (χ1n) is 4.30. The van der Waals surface area contributed by atoms with Crippen LogP contribution >= 0.6 is 0 Å². The molecule has 5 heteroatoms. The molecular formula is C10H8N2O2Te. The van der Waals surface area contributed by atoms with Crippen LogP contribution in [0.1, 0.15) is 0 Å². The van der Waals surface area contributed by atoms with Gasteiger partial charge in [-0.25, -0.2) is 0 Å². The van der Waals surface area contributed by atoms with Crippen molar-refractivity contribution in [3.8, 4) is 0 Å². The Labute approximate surface area is 95.5 Å². The van der Waals surface area contributed by atoms with Gasteiger partial charge in [0.25, 0.3) is 0 Å². The first kappa shape index (κ1) is 10.2. The summed E-state index contributed by atoms with van der Waals surface area (Å²) in [6.07, 6.45) is 1.51. The van der Waals surface area contributed by atoms with Crippen molar-refractivity contribution in [1.82, 2.24) is 9.97 Å². The van der Waals surface area contributed by atoms with Crippen LogP contribution in [0.5, 0.6) is 0 Å². The Kier molecular flexibility index (Phi) is 3.05. The Hall–Kier alpha value is -1.31. The molecule has 0 atom stereocenters. The minimum absolute atomic E-state index is 0.273. The zero-order chi connectivity index (χ0) is 10.7. The van der Waals surface area contributed by atoms with E-state index in [0.29, 0.717) is 3.61 Å². The molecule has 0 amide bonds. The third-order valence-corrected chi connectivity index (χ3v) is 4.70. The Morgan fingerprint density at radius 2 is 1.80 bits per heavy atom. The van der Waals surface area contributed by atoms with Crippen LogP contribution in [0.15, 0.2) is 46.1 Å². The SMILES string of the molecule is O=c1[nH]cc([Te]c2ccccc2)c(=O)[nH]1. The Morgan fingerprint density at radius 3 is 2.47 bits per heavy atom. The molecule has 1 aromatic carbocycles. The maximum atomic E-state index is 11.4. The Balaban J connectivity index is 2.33. The number of rotatable bonds is 2. The average Bonchev–Trinajstić information content (AvgIpc) is 2.24. The topological polar surface area (TPSA) is 65.7 Å². The third-order valence-electron chi connectivity index (χ3n) is 1.76. The zero-order valence-electron chi connectivity index (χ0n) is 7.69. The Bertz CT molecular complexity index is 559. The summed E-state index contributed by atoms with van der Waals surface area (Å²) in [7, 11) is 0. The Morgan fingerprint density at radius 1 is 1.07 bits per heavy atom. The molecule has 2 N–H and O–H groups in total. The van der Waals surface area contributed by atoms with Gasteiger partial charge in [0.2, 0.25) is 0 Å². The van der Waals surface area contributed by atoms with Crippen molar-refractivity contribution < 1.29 is 0 Å². The van der Waals surface area contributed by atoms with Gasteiger partial charge in [-0.15, -0.1) is 0 Å². The average molecular weight is 316 g/mol. The van der Waals surface area contributed by atoms with Gasteiger partial charge in [0.15, 0.2) is 0 Å². The second kappa shape index (κ2) is 4.47. The van der Waals surface area contributed by atoms with Crippen LogP contribution in [-0.4, -0.2) is 30.9 Å². The molecule has 0 saturated heterocycles. The van der Waals surface area contributed by atoms with Gasteiger partial charge >= 0.3 is 95.5 Å². The molecule has 0 unspecified atom stereocenters. The molecule has 0 spiro atoms. The van der Waals surface area contributed by atoms with Gasteiger partial charge in [-0.1, -0.05) is 0 Å². The number of hydrogen-bond acceptors (Lipinski definition) is 2. The second-order valence-corrected chi connectivity index (χ2v) is 6.03. The summed E-state index contributed by atoms with van der Waals surface area (Å²) in [6, 6.07) is 9.81. The number of aromatic nitrogens is 2. The number of nitrogens with one attached hydrogen (secondary N) is 2. The molecule has 1 heterocycles. The normalized spacial score (nSPS) is 10.1. The molecule has 0 saturated carbocycles. The summed E-state index contributed by atoms with van der Waals surface area (Å²) in [5.41, 5.74) is -0.728. The van der Waals surface area contributed by atoms with Gasteiger partial charge in [-0.2, -0.15) is 0 Å². The summed E-state index contributed by atoms with van der Waals surface area (Å²) in [5, 5.41) is 0. The van der Waals surface area contributed by atoms with Crippen LogP contribution in [-0.2, 0) is 0 Å².